The maximum absolute atomic E-state index is 13.7. The first-order valence-electron chi connectivity index (χ1n) is 12.7. The topological polar surface area (TPSA) is 88.9 Å². The third-order valence-corrected chi connectivity index (χ3v) is 6.89. The molecule has 8 nitrogen and oxygen atoms in total. The number of pyridine rings is 1. The van der Waals surface area contributed by atoms with Crippen molar-refractivity contribution in [2.45, 2.75) is 45.4 Å². The molecule has 0 bridgehead atoms. The number of aromatic nitrogens is 5. The summed E-state index contributed by atoms with van der Waals surface area (Å²) in [5, 5.41) is 14.4. The predicted octanol–water partition coefficient (Wildman–Crippen LogP) is 5.72. The van der Waals surface area contributed by atoms with Gasteiger partial charge in [-0.15, -0.1) is 5.10 Å². The third-order valence-electron chi connectivity index (χ3n) is 6.64. The highest BCUT2D eigenvalue weighted by Crippen LogP contribution is 2.32. The van der Waals surface area contributed by atoms with Gasteiger partial charge in [0, 0.05) is 34.6 Å². The molecule has 0 spiro atoms. The van der Waals surface area contributed by atoms with Crippen LogP contribution >= 0.6 is 11.6 Å². The SMILES string of the molecule is COc1ccc2[nH]c(=O)c([C@@H](c3nnnn3C(C)(C)C)N(Cc3ccccc3)Cc3ccc(Cl)cc3)cc2c1. The molecule has 0 aliphatic heterocycles. The zero-order valence-electron chi connectivity index (χ0n) is 22.4. The lowest BCUT2D eigenvalue weighted by atomic mass is 10.00. The van der Waals surface area contributed by atoms with Gasteiger partial charge in [-0.1, -0.05) is 54.1 Å². The minimum absolute atomic E-state index is 0.199. The van der Waals surface area contributed by atoms with Crippen LogP contribution in [0.4, 0.5) is 0 Å². The molecule has 0 aliphatic carbocycles. The second-order valence-corrected chi connectivity index (χ2v) is 11.0. The number of fused-ring (bicyclic) bond motifs is 1. The number of hydrogen-bond acceptors (Lipinski definition) is 6. The second-order valence-electron chi connectivity index (χ2n) is 10.5. The fourth-order valence-corrected chi connectivity index (χ4v) is 4.88. The van der Waals surface area contributed by atoms with E-state index in [2.05, 4.69) is 37.5 Å². The number of benzene rings is 3. The number of H-pyrrole nitrogens is 1. The van der Waals surface area contributed by atoms with Crippen molar-refractivity contribution >= 4 is 22.5 Å². The van der Waals surface area contributed by atoms with Gasteiger partial charge in [0.15, 0.2) is 5.82 Å². The first kappa shape index (κ1) is 26.6. The number of tetrazole rings is 1. The molecule has 2 heterocycles. The van der Waals surface area contributed by atoms with Gasteiger partial charge in [0.1, 0.15) is 11.8 Å². The van der Waals surface area contributed by atoms with Crippen LogP contribution in [0, 0.1) is 0 Å². The van der Waals surface area contributed by atoms with Crippen LogP contribution in [-0.2, 0) is 18.6 Å². The zero-order chi connectivity index (χ0) is 27.6. The number of aromatic amines is 1. The van der Waals surface area contributed by atoms with Crippen LogP contribution < -0.4 is 10.3 Å². The van der Waals surface area contributed by atoms with Gasteiger partial charge in [0.05, 0.1) is 12.6 Å². The Morgan fingerprint density at radius 1 is 0.974 bits per heavy atom. The molecular weight excluding hydrogens is 512 g/mol. The summed E-state index contributed by atoms with van der Waals surface area (Å²) in [5.41, 5.74) is 2.81. The number of ether oxygens (including phenoxy) is 1. The van der Waals surface area contributed by atoms with E-state index in [4.69, 9.17) is 16.3 Å². The minimum Gasteiger partial charge on any atom is -0.497 e. The molecule has 5 aromatic rings. The van der Waals surface area contributed by atoms with Crippen molar-refractivity contribution in [3.8, 4) is 5.75 Å². The largest absolute Gasteiger partial charge is 0.497 e. The summed E-state index contributed by atoms with van der Waals surface area (Å²) in [6, 6.07) is 24.9. The summed E-state index contributed by atoms with van der Waals surface area (Å²) in [6.45, 7) is 7.21. The molecule has 0 saturated carbocycles. The fourth-order valence-electron chi connectivity index (χ4n) is 4.75. The van der Waals surface area contributed by atoms with E-state index < -0.39 is 11.6 Å². The highest BCUT2D eigenvalue weighted by atomic mass is 35.5. The Balaban J connectivity index is 1.73. The molecule has 9 heteroatoms. The molecule has 0 aliphatic rings. The van der Waals surface area contributed by atoms with E-state index in [0.717, 1.165) is 22.0 Å². The molecule has 0 amide bonds. The van der Waals surface area contributed by atoms with Crippen LogP contribution in [-0.4, -0.2) is 37.2 Å². The van der Waals surface area contributed by atoms with Crippen LogP contribution in [0.15, 0.2) is 83.7 Å². The molecule has 0 saturated heterocycles. The number of hydrogen-bond donors (Lipinski definition) is 1. The quantitative estimate of drug-likeness (QED) is 0.269. The van der Waals surface area contributed by atoms with Crippen molar-refractivity contribution in [3.63, 3.8) is 0 Å². The summed E-state index contributed by atoms with van der Waals surface area (Å²) in [7, 11) is 1.63. The van der Waals surface area contributed by atoms with Gasteiger partial charge >= 0.3 is 0 Å². The Bertz CT molecular complexity index is 1620. The first-order chi connectivity index (χ1) is 18.7. The lowest BCUT2D eigenvalue weighted by Crippen LogP contribution is -2.37. The molecule has 2 aromatic heterocycles. The molecule has 1 N–H and O–H groups in total. The molecule has 5 rings (SSSR count). The van der Waals surface area contributed by atoms with Crippen molar-refractivity contribution in [2.24, 2.45) is 0 Å². The summed E-state index contributed by atoms with van der Waals surface area (Å²) in [4.78, 5) is 19.0. The Morgan fingerprint density at radius 2 is 1.67 bits per heavy atom. The highest BCUT2D eigenvalue weighted by Gasteiger charge is 2.33. The Kier molecular flexibility index (Phi) is 7.50. The van der Waals surface area contributed by atoms with Gasteiger partial charge in [-0.2, -0.15) is 0 Å². The molecule has 1 atom stereocenters. The average Bonchev–Trinajstić information content (AvgIpc) is 3.41. The maximum atomic E-state index is 13.7. The molecule has 39 heavy (non-hydrogen) atoms. The van der Waals surface area contributed by atoms with Gasteiger partial charge in [-0.3, -0.25) is 9.69 Å². The lowest BCUT2D eigenvalue weighted by molar-refractivity contribution is 0.184. The first-order valence-corrected chi connectivity index (χ1v) is 13.1. The van der Waals surface area contributed by atoms with Gasteiger partial charge < -0.3 is 9.72 Å². The second kappa shape index (κ2) is 11.0. The average molecular weight is 543 g/mol. The third kappa shape index (κ3) is 5.87. The van der Waals surface area contributed by atoms with E-state index in [9.17, 15) is 4.79 Å². The molecule has 0 unspecified atom stereocenters. The summed E-state index contributed by atoms with van der Waals surface area (Å²) >= 11 is 6.19. The minimum atomic E-state index is -0.561. The molecule has 0 radical (unpaired) electrons. The van der Waals surface area contributed by atoms with Crippen molar-refractivity contribution in [2.75, 3.05) is 7.11 Å². The van der Waals surface area contributed by atoms with Gasteiger partial charge in [-0.25, -0.2) is 4.68 Å². The number of methoxy groups -OCH3 is 1. The standard InChI is InChI=1S/C30H31ClN6O2/c1-30(2,3)37-28(33-34-35-37)27(25-17-22-16-24(39-4)14-15-26(22)32-29(25)38)36(18-20-8-6-5-7-9-20)19-21-10-12-23(31)13-11-21/h5-17,27H,18-19H2,1-4H3,(H,32,38)/t27-/m0/s1. The van der Waals surface area contributed by atoms with Gasteiger partial charge in [0.2, 0.25) is 0 Å². The number of halogens is 1. The van der Waals surface area contributed by atoms with Crippen LogP contribution in [0.3, 0.4) is 0 Å². The van der Waals surface area contributed by atoms with E-state index in [1.807, 2.05) is 87.5 Å². The Labute approximate surface area is 232 Å². The van der Waals surface area contributed by atoms with E-state index in [-0.39, 0.29) is 5.56 Å². The Morgan fingerprint density at radius 3 is 2.33 bits per heavy atom. The predicted molar refractivity (Wildman–Crippen MR) is 153 cm³/mol. The monoisotopic (exact) mass is 542 g/mol. The Hall–Kier alpha value is -4.01. The van der Waals surface area contributed by atoms with E-state index >= 15 is 0 Å². The number of rotatable bonds is 8. The zero-order valence-corrected chi connectivity index (χ0v) is 23.2. The molecule has 200 valence electrons. The summed E-state index contributed by atoms with van der Waals surface area (Å²) in [5.74, 6) is 1.29. The van der Waals surface area contributed by atoms with E-state index in [1.165, 1.54) is 0 Å². The van der Waals surface area contributed by atoms with Crippen molar-refractivity contribution in [1.82, 2.24) is 30.1 Å². The molecular formula is C30H31ClN6O2. The summed E-state index contributed by atoms with van der Waals surface area (Å²) < 4.78 is 7.25. The molecule has 0 fully saturated rings. The van der Waals surface area contributed by atoms with E-state index in [1.54, 1.807) is 11.8 Å². The van der Waals surface area contributed by atoms with Crippen LogP contribution in [0.25, 0.3) is 10.9 Å². The summed E-state index contributed by atoms with van der Waals surface area (Å²) in [6.07, 6.45) is 0. The highest BCUT2D eigenvalue weighted by molar-refractivity contribution is 6.30. The lowest BCUT2D eigenvalue weighted by Gasteiger charge is -2.33. The van der Waals surface area contributed by atoms with Crippen LogP contribution in [0.2, 0.25) is 5.02 Å². The van der Waals surface area contributed by atoms with Gasteiger partial charge in [-0.05, 0) is 78.7 Å². The molecule has 3 aromatic carbocycles. The van der Waals surface area contributed by atoms with Gasteiger partial charge in [0.25, 0.3) is 5.56 Å². The van der Waals surface area contributed by atoms with Crippen LogP contribution in [0.5, 0.6) is 5.75 Å². The smallest absolute Gasteiger partial charge is 0.253 e. The normalized spacial score (nSPS) is 12.7. The van der Waals surface area contributed by atoms with Crippen molar-refractivity contribution in [1.29, 1.82) is 0 Å². The van der Waals surface area contributed by atoms with E-state index in [0.29, 0.717) is 35.2 Å². The van der Waals surface area contributed by atoms with Crippen LogP contribution in [0.1, 0.15) is 49.3 Å². The van der Waals surface area contributed by atoms with Crippen molar-refractivity contribution < 1.29 is 4.74 Å². The fraction of sp³-hybridized carbons (Fsp3) is 0.267. The maximum Gasteiger partial charge on any atom is 0.253 e. The number of nitrogens with one attached hydrogen (secondary N) is 1. The number of nitrogens with zero attached hydrogens (tertiary/aromatic N) is 5. The van der Waals surface area contributed by atoms with Crippen molar-refractivity contribution in [3.05, 3.63) is 117 Å².